The lowest BCUT2D eigenvalue weighted by Crippen LogP contribution is -2.26. The molecule has 31 aromatic rings. The average molecular weight is 1820 g/mol. The molecular formula is C137H86N6. The van der Waals surface area contributed by atoms with E-state index in [1.807, 2.05) is 0 Å². The first-order valence-corrected chi connectivity index (χ1v) is 50.3. The van der Waals surface area contributed by atoms with Crippen LogP contribution in [-0.4, -0.2) is 26.9 Å². The molecule has 0 unspecified atom stereocenters. The third kappa shape index (κ3) is 9.73. The van der Waals surface area contributed by atoms with E-state index in [4.69, 9.17) is 0 Å². The lowest BCUT2D eigenvalue weighted by molar-refractivity contribution is 0.660. The van der Waals surface area contributed by atoms with Crippen LogP contribution in [0.5, 0.6) is 0 Å². The Morgan fingerprint density at radius 1 is 0.168 bits per heavy atom. The topological polar surface area (TPSA) is 28.0 Å². The van der Waals surface area contributed by atoms with Gasteiger partial charge < -0.3 is 26.9 Å². The van der Waals surface area contributed by atoms with Crippen LogP contribution in [0, 0.1) is 0 Å². The summed E-state index contributed by atoms with van der Waals surface area (Å²) in [5.41, 5.74) is 46.2. The van der Waals surface area contributed by atoms with Crippen molar-refractivity contribution in [1.82, 2.24) is 26.9 Å². The third-order valence-electron chi connectivity index (χ3n) is 34.1. The van der Waals surface area contributed by atoms with Gasteiger partial charge >= 0.3 is 0 Å². The highest BCUT2D eigenvalue weighted by molar-refractivity contribution is 6.37. The van der Waals surface area contributed by atoms with E-state index in [9.17, 15) is 0 Å². The summed E-state index contributed by atoms with van der Waals surface area (Å²) in [5, 5.41) is 26.0. The van der Waals surface area contributed by atoms with Gasteiger partial charge in [-0.05, 0) is 225 Å². The van der Waals surface area contributed by atoms with Crippen molar-refractivity contribution in [2.75, 3.05) is 0 Å². The van der Waals surface area contributed by atoms with Gasteiger partial charge in [-0.25, -0.2) is 0 Å². The highest BCUT2D eigenvalue weighted by Gasteiger charge is 2.52. The van der Waals surface area contributed by atoms with Crippen LogP contribution in [0.25, 0.3) is 263 Å². The first-order chi connectivity index (χ1) is 70.6. The molecule has 0 fully saturated rings. The van der Waals surface area contributed by atoms with Crippen LogP contribution in [0.15, 0.2) is 449 Å². The van der Waals surface area contributed by atoms with Gasteiger partial charge in [-0.3, -0.25) is 0 Å². The molecule has 4 aliphatic carbocycles. The maximum Gasteiger partial charge on any atom is 0.0726 e. The summed E-state index contributed by atoms with van der Waals surface area (Å²) in [7, 11) is 0. The SMILES string of the molecule is CC1(C)c2ccccc2-c2c1cc1ccccc1c2-n1c2cccc3c4ccccc4n4c5ccccc5c5ccc1c(c32)c54.CC1(C)c2ccccc2-c2ccc(-c3cccc(-n4c5cccc6c7ccccc7n7c8ccccc8c8ccc4c(c65)c87)c3)cc21.c1ccc2c(c1)-c1ccccc1C21c2ccccc2-c2ccc(-n3c4cccc5c6ccccc6n6c7ccccc7c7ccc3c(c54)c76)cc21. The molecule has 0 saturated carbocycles. The number of hydrogen-bond donors (Lipinski definition) is 0. The molecule has 9 aromatic heterocycles. The summed E-state index contributed by atoms with van der Waals surface area (Å²) < 4.78 is 15.2. The number of para-hydroxylation sites is 6. The predicted molar refractivity (Wildman–Crippen MR) is 601 cm³/mol. The molecule has 4 aliphatic rings. The van der Waals surface area contributed by atoms with Gasteiger partial charge in [0.05, 0.1) is 93.9 Å². The molecule has 664 valence electrons. The molecule has 0 atom stereocenters. The second-order valence-electron chi connectivity index (χ2n) is 41.4. The third-order valence-corrected chi connectivity index (χ3v) is 34.1. The summed E-state index contributed by atoms with van der Waals surface area (Å²) in [5.74, 6) is 0. The van der Waals surface area contributed by atoms with Crippen LogP contribution >= 0.6 is 0 Å². The van der Waals surface area contributed by atoms with Gasteiger partial charge in [0.1, 0.15) is 0 Å². The zero-order valence-corrected chi connectivity index (χ0v) is 78.9. The zero-order valence-electron chi connectivity index (χ0n) is 78.9. The van der Waals surface area contributed by atoms with Gasteiger partial charge in [0, 0.05) is 114 Å². The second-order valence-corrected chi connectivity index (χ2v) is 41.4. The Kier molecular flexibility index (Phi) is 15.1. The molecule has 35 rings (SSSR count). The minimum absolute atomic E-state index is 0.0311. The minimum atomic E-state index is -0.386. The highest BCUT2D eigenvalue weighted by Crippen LogP contribution is 2.65. The molecule has 0 aliphatic heterocycles. The predicted octanol–water partition coefficient (Wildman–Crippen LogP) is 35.6. The molecular weight excluding hydrogens is 1730 g/mol. The van der Waals surface area contributed by atoms with E-state index >= 15 is 0 Å². The summed E-state index contributed by atoms with van der Waals surface area (Å²) >= 11 is 0. The van der Waals surface area contributed by atoms with Crippen LogP contribution in [0.3, 0.4) is 0 Å². The van der Waals surface area contributed by atoms with E-state index in [1.165, 1.54) is 308 Å². The van der Waals surface area contributed by atoms with E-state index in [2.05, 4.69) is 504 Å². The Bertz CT molecular complexity index is 11100. The van der Waals surface area contributed by atoms with Crippen molar-refractivity contribution in [2.45, 2.75) is 43.9 Å². The summed E-state index contributed by atoms with van der Waals surface area (Å²) in [6.45, 7) is 9.49. The zero-order chi connectivity index (χ0) is 93.6. The van der Waals surface area contributed by atoms with Crippen LogP contribution < -0.4 is 0 Å². The van der Waals surface area contributed by atoms with E-state index in [1.54, 1.807) is 0 Å². The van der Waals surface area contributed by atoms with Crippen molar-refractivity contribution < 1.29 is 0 Å². The lowest BCUT2D eigenvalue weighted by atomic mass is 9.70. The summed E-state index contributed by atoms with van der Waals surface area (Å²) in [6.07, 6.45) is 0. The Labute approximate surface area is 821 Å². The van der Waals surface area contributed by atoms with Gasteiger partial charge in [-0.2, -0.15) is 0 Å². The normalized spacial score (nSPS) is 14.0. The largest absolute Gasteiger partial charge is 0.309 e. The van der Waals surface area contributed by atoms with E-state index in [-0.39, 0.29) is 16.2 Å². The van der Waals surface area contributed by atoms with E-state index < -0.39 is 0 Å². The van der Waals surface area contributed by atoms with Crippen LogP contribution in [0.2, 0.25) is 0 Å². The maximum atomic E-state index is 2.60. The fourth-order valence-electron chi connectivity index (χ4n) is 28.4. The molecule has 143 heavy (non-hydrogen) atoms. The Morgan fingerprint density at radius 2 is 0.476 bits per heavy atom. The van der Waals surface area contributed by atoms with Gasteiger partial charge in [0.2, 0.25) is 0 Å². The quantitative estimate of drug-likeness (QED) is 0.168. The van der Waals surface area contributed by atoms with Crippen molar-refractivity contribution in [1.29, 1.82) is 0 Å². The Hall–Kier alpha value is -18.1. The summed E-state index contributed by atoms with van der Waals surface area (Å²) in [6, 6.07) is 168. The monoisotopic (exact) mass is 1810 g/mol. The first kappa shape index (κ1) is 77.9. The molecule has 22 aromatic carbocycles. The fraction of sp³-hybridized carbons (Fsp3) is 0.0511. The Morgan fingerprint density at radius 3 is 0.937 bits per heavy atom. The van der Waals surface area contributed by atoms with Crippen molar-refractivity contribution >= 4 is 190 Å². The molecule has 6 nitrogen and oxygen atoms in total. The molecule has 1 spiro atoms. The average Bonchev–Trinajstić information content (AvgIpc) is 1.51. The molecule has 6 heteroatoms. The number of rotatable bonds is 4. The number of nitrogens with zero attached hydrogens (tertiary/aromatic N) is 6. The Balaban J connectivity index is 0.0000000947. The van der Waals surface area contributed by atoms with Gasteiger partial charge in [-0.15, -0.1) is 0 Å². The first-order valence-electron chi connectivity index (χ1n) is 50.3. The number of aromatic nitrogens is 6. The van der Waals surface area contributed by atoms with Crippen molar-refractivity contribution in [3.8, 4) is 72.7 Å². The number of fused-ring (bicyclic) bond motifs is 35. The lowest BCUT2D eigenvalue weighted by Gasteiger charge is -2.30. The van der Waals surface area contributed by atoms with E-state index in [0.29, 0.717) is 0 Å². The standard InChI is InChI=1S/C49H28N2.C45H30N2.C43H28N2/c1-6-18-38-30(12-1)31-13-2-7-19-39(31)49(38)40-20-8-3-14-32(40)33-25-24-29(28-41(33)49)50-44-23-11-17-36-34-15-4-9-21-42(34)51-43-22-10-5-16-35(43)37-26-27-45(50)47(46(36)44)48(37)51;1-45(2)36-17-6-3-13-30(36)31-22-21-28(26-37(31)45)27-11-9-12-29(25-27)46-40-20-10-16-34-32-14-4-7-18-38(32)47-39-19-8-5-15-33(39)35-23-24-41(46)43(42(34)40)44(35)47;1-43(2)32-18-8-5-16-31(32)38-33(43)24-25-12-3-4-13-26(25)41(38)45-36-21-11-17-29-27-14-6-9-19-34(27)44-35-20-10-7-15-28(35)30-22-23-37(45)40(39(29)36)42(30)44/h1-28H;3-26H,1-2H3;3-24H,1-2H3. The van der Waals surface area contributed by atoms with Gasteiger partial charge in [-0.1, -0.05) is 367 Å². The van der Waals surface area contributed by atoms with E-state index in [0.717, 1.165) is 0 Å². The molecule has 9 heterocycles. The van der Waals surface area contributed by atoms with Crippen LogP contribution in [0.4, 0.5) is 0 Å². The minimum Gasteiger partial charge on any atom is -0.309 e. The fourth-order valence-corrected chi connectivity index (χ4v) is 28.4. The van der Waals surface area contributed by atoms with Crippen LogP contribution in [-0.2, 0) is 16.2 Å². The molecule has 0 N–H and O–H groups in total. The maximum absolute atomic E-state index is 2.60. The van der Waals surface area contributed by atoms with Gasteiger partial charge in [0.15, 0.2) is 0 Å². The van der Waals surface area contributed by atoms with Crippen molar-refractivity contribution in [3.05, 3.63) is 493 Å². The number of hydrogen-bond acceptors (Lipinski definition) is 0. The smallest absolute Gasteiger partial charge is 0.0726 e. The highest BCUT2D eigenvalue weighted by atomic mass is 15.0. The second kappa shape index (κ2) is 27.7. The molecule has 0 radical (unpaired) electrons. The molecule has 0 saturated heterocycles. The molecule has 0 bridgehead atoms. The summed E-state index contributed by atoms with van der Waals surface area (Å²) in [4.78, 5) is 0. The van der Waals surface area contributed by atoms with Crippen molar-refractivity contribution in [3.63, 3.8) is 0 Å². The number of benzene rings is 22. The molecule has 0 amide bonds. The van der Waals surface area contributed by atoms with Crippen molar-refractivity contribution in [2.24, 2.45) is 0 Å². The van der Waals surface area contributed by atoms with Gasteiger partial charge in [0.25, 0.3) is 0 Å². The van der Waals surface area contributed by atoms with Crippen LogP contribution in [0.1, 0.15) is 72.2 Å².